The van der Waals surface area contributed by atoms with Crippen LogP contribution < -0.4 is 10.1 Å². The van der Waals surface area contributed by atoms with Crippen LogP contribution in [0, 0.1) is 5.41 Å². The number of likely N-dealkylation sites (tertiary alicyclic amines) is 1. The standard InChI is InChI=1S/C33H39F3N2O4/c1-40-21-8-22-42-29-14-6-5-12-26(29)28-23-37-18-15-31(28)16-19-38(20-17-31)30(39)32(41-2,33(34,35)36)27-13-7-10-24-9-3-4-11-25(24)27/h3-7,9-14,28,37H,8,15-23H2,1-2H3/t28-,32-/m1/s1. The molecule has 6 nitrogen and oxygen atoms in total. The Morgan fingerprint density at radius 2 is 1.67 bits per heavy atom. The fourth-order valence-corrected chi connectivity index (χ4v) is 6.91. The number of hydrogen-bond acceptors (Lipinski definition) is 5. The van der Waals surface area contributed by atoms with Gasteiger partial charge in [0, 0.05) is 58.4 Å². The number of nitrogens with zero attached hydrogens (tertiary/aromatic N) is 1. The molecule has 42 heavy (non-hydrogen) atoms. The smallest absolute Gasteiger partial charge is 0.431 e. The van der Waals surface area contributed by atoms with E-state index >= 15 is 13.2 Å². The van der Waals surface area contributed by atoms with Crippen molar-refractivity contribution in [1.82, 2.24) is 10.2 Å². The van der Waals surface area contributed by atoms with Gasteiger partial charge in [0.15, 0.2) is 0 Å². The van der Waals surface area contributed by atoms with Gasteiger partial charge in [-0.25, -0.2) is 0 Å². The molecular weight excluding hydrogens is 545 g/mol. The van der Waals surface area contributed by atoms with Gasteiger partial charge >= 0.3 is 6.18 Å². The van der Waals surface area contributed by atoms with Crippen molar-refractivity contribution in [1.29, 1.82) is 0 Å². The molecule has 3 aromatic rings. The van der Waals surface area contributed by atoms with Crippen LogP contribution in [0.25, 0.3) is 10.8 Å². The van der Waals surface area contributed by atoms with Gasteiger partial charge in [-0.2, -0.15) is 13.2 Å². The Bertz CT molecular complexity index is 1370. The second-order valence-corrected chi connectivity index (χ2v) is 11.3. The molecule has 2 aliphatic rings. The van der Waals surface area contributed by atoms with Crippen LogP contribution in [0.3, 0.4) is 0 Å². The normalized spacial score (nSPS) is 20.4. The molecule has 0 unspecified atom stereocenters. The zero-order valence-electron chi connectivity index (χ0n) is 24.2. The third kappa shape index (κ3) is 5.50. The van der Waals surface area contributed by atoms with Gasteiger partial charge in [-0.1, -0.05) is 60.7 Å². The number of methoxy groups -OCH3 is 2. The first kappa shape index (κ1) is 30.3. The first-order chi connectivity index (χ1) is 20.3. The molecule has 0 saturated carbocycles. The van der Waals surface area contributed by atoms with Crippen LogP contribution in [-0.2, 0) is 19.9 Å². The maximum atomic E-state index is 15.0. The average Bonchev–Trinajstić information content (AvgIpc) is 3.00. The van der Waals surface area contributed by atoms with Crippen LogP contribution in [0.15, 0.2) is 66.7 Å². The first-order valence-corrected chi connectivity index (χ1v) is 14.6. The Hall–Kier alpha value is -3.14. The topological polar surface area (TPSA) is 60.0 Å². The number of nitrogens with one attached hydrogen (secondary N) is 1. The molecule has 0 radical (unpaired) electrons. The Morgan fingerprint density at radius 1 is 0.952 bits per heavy atom. The number of carbonyl (C=O) groups is 1. The Morgan fingerprint density at radius 3 is 2.40 bits per heavy atom. The molecule has 1 amide bonds. The predicted molar refractivity (Wildman–Crippen MR) is 156 cm³/mol. The minimum atomic E-state index is -4.96. The summed E-state index contributed by atoms with van der Waals surface area (Å²) in [6.45, 7) is 3.15. The molecule has 0 bridgehead atoms. The molecule has 3 aromatic carbocycles. The summed E-state index contributed by atoms with van der Waals surface area (Å²) in [6.07, 6.45) is -2.14. The summed E-state index contributed by atoms with van der Waals surface area (Å²) in [5.41, 5.74) is -2.35. The van der Waals surface area contributed by atoms with Gasteiger partial charge in [-0.3, -0.25) is 4.79 Å². The SMILES string of the molecule is COCCCOc1ccccc1[C@H]1CNCCC12CCN(C(=O)[C@](OC)(c1cccc3ccccc13)C(F)(F)F)CC2. The second kappa shape index (κ2) is 12.6. The number of para-hydroxylation sites is 1. The summed E-state index contributed by atoms with van der Waals surface area (Å²) in [7, 11) is 2.64. The van der Waals surface area contributed by atoms with Crippen LogP contribution in [0.5, 0.6) is 5.75 Å². The lowest BCUT2D eigenvalue weighted by Crippen LogP contribution is -2.60. The Balaban J connectivity index is 1.42. The lowest BCUT2D eigenvalue weighted by atomic mass is 9.62. The summed E-state index contributed by atoms with van der Waals surface area (Å²) < 4.78 is 61.6. The van der Waals surface area contributed by atoms with Crippen molar-refractivity contribution in [2.45, 2.75) is 43.4 Å². The number of rotatable bonds is 9. The number of hydrogen-bond donors (Lipinski definition) is 1. The van der Waals surface area contributed by atoms with Crippen molar-refractivity contribution in [2.24, 2.45) is 5.41 Å². The highest BCUT2D eigenvalue weighted by molar-refractivity contribution is 5.95. The maximum Gasteiger partial charge on any atom is 0.431 e. The summed E-state index contributed by atoms with van der Waals surface area (Å²) in [6, 6.07) is 19.4. The number of piperidine rings is 2. The molecule has 226 valence electrons. The van der Waals surface area contributed by atoms with Gasteiger partial charge in [-0.05, 0) is 53.6 Å². The van der Waals surface area contributed by atoms with Crippen LogP contribution in [-0.4, -0.2) is 70.6 Å². The molecule has 1 N–H and O–H groups in total. The minimum absolute atomic E-state index is 0.106. The van der Waals surface area contributed by atoms with E-state index in [1.54, 1.807) is 43.5 Å². The van der Waals surface area contributed by atoms with E-state index in [2.05, 4.69) is 11.4 Å². The summed E-state index contributed by atoms with van der Waals surface area (Å²) in [5, 5.41) is 4.48. The second-order valence-electron chi connectivity index (χ2n) is 11.3. The molecule has 0 aromatic heterocycles. The van der Waals surface area contributed by atoms with Gasteiger partial charge in [0.2, 0.25) is 0 Å². The number of carbonyl (C=O) groups excluding carboxylic acids is 1. The van der Waals surface area contributed by atoms with E-state index in [0.29, 0.717) is 36.8 Å². The van der Waals surface area contributed by atoms with Crippen molar-refractivity contribution in [3.8, 4) is 5.75 Å². The monoisotopic (exact) mass is 584 g/mol. The molecule has 2 aliphatic heterocycles. The van der Waals surface area contributed by atoms with Crippen molar-refractivity contribution in [3.63, 3.8) is 0 Å². The number of alkyl halides is 3. The number of ether oxygens (including phenoxy) is 3. The van der Waals surface area contributed by atoms with Crippen LogP contribution in [0.1, 0.15) is 42.7 Å². The average molecular weight is 585 g/mol. The minimum Gasteiger partial charge on any atom is -0.493 e. The predicted octanol–water partition coefficient (Wildman–Crippen LogP) is 6.05. The van der Waals surface area contributed by atoms with Crippen LogP contribution in [0.4, 0.5) is 13.2 Å². The molecule has 2 saturated heterocycles. The van der Waals surface area contributed by atoms with Gasteiger partial charge < -0.3 is 24.4 Å². The number of benzene rings is 3. The van der Waals surface area contributed by atoms with Gasteiger partial charge in [0.1, 0.15) is 5.75 Å². The lowest BCUT2D eigenvalue weighted by Gasteiger charge is -2.51. The van der Waals surface area contributed by atoms with Gasteiger partial charge in [0.25, 0.3) is 11.5 Å². The molecule has 2 atom stereocenters. The highest BCUT2D eigenvalue weighted by atomic mass is 19.4. The maximum absolute atomic E-state index is 15.0. The fraction of sp³-hybridized carbons (Fsp3) is 0.485. The number of halogens is 3. The molecule has 0 aliphatic carbocycles. The largest absolute Gasteiger partial charge is 0.493 e. The Labute approximate surface area is 245 Å². The lowest BCUT2D eigenvalue weighted by molar-refractivity contribution is -0.270. The van der Waals surface area contributed by atoms with E-state index in [-0.39, 0.29) is 30.0 Å². The third-order valence-corrected chi connectivity index (χ3v) is 9.15. The molecular formula is C33H39F3N2O4. The third-order valence-electron chi connectivity index (χ3n) is 9.15. The van der Waals surface area contributed by atoms with E-state index in [1.807, 2.05) is 18.2 Å². The molecule has 9 heteroatoms. The molecule has 5 rings (SSSR count). The zero-order chi connectivity index (χ0) is 29.8. The number of amides is 1. The van der Waals surface area contributed by atoms with E-state index in [1.165, 1.54) is 11.0 Å². The van der Waals surface area contributed by atoms with Crippen molar-refractivity contribution in [2.75, 3.05) is 53.6 Å². The van der Waals surface area contributed by atoms with Crippen molar-refractivity contribution >= 4 is 16.7 Å². The molecule has 2 heterocycles. The van der Waals surface area contributed by atoms with E-state index in [9.17, 15) is 4.79 Å². The Kier molecular flexibility index (Phi) is 9.11. The van der Waals surface area contributed by atoms with Crippen molar-refractivity contribution < 1.29 is 32.2 Å². The van der Waals surface area contributed by atoms with Crippen LogP contribution >= 0.6 is 0 Å². The highest BCUT2D eigenvalue weighted by Gasteiger charge is 2.64. The highest BCUT2D eigenvalue weighted by Crippen LogP contribution is 2.52. The summed E-state index contributed by atoms with van der Waals surface area (Å²) in [5.74, 6) is -0.127. The molecule has 1 spiro atoms. The van der Waals surface area contributed by atoms with Crippen molar-refractivity contribution in [3.05, 3.63) is 77.9 Å². The summed E-state index contributed by atoms with van der Waals surface area (Å²) in [4.78, 5) is 15.4. The fourth-order valence-electron chi connectivity index (χ4n) is 6.91. The zero-order valence-corrected chi connectivity index (χ0v) is 24.2. The van der Waals surface area contributed by atoms with Gasteiger partial charge in [-0.15, -0.1) is 0 Å². The van der Waals surface area contributed by atoms with Crippen LogP contribution in [0.2, 0.25) is 0 Å². The van der Waals surface area contributed by atoms with E-state index in [4.69, 9.17) is 14.2 Å². The van der Waals surface area contributed by atoms with E-state index in [0.717, 1.165) is 44.4 Å². The van der Waals surface area contributed by atoms with E-state index < -0.39 is 17.7 Å². The molecule has 2 fully saturated rings. The summed E-state index contributed by atoms with van der Waals surface area (Å²) >= 11 is 0. The quantitative estimate of drug-likeness (QED) is 0.311. The number of fused-ring (bicyclic) bond motifs is 1. The first-order valence-electron chi connectivity index (χ1n) is 14.6. The van der Waals surface area contributed by atoms with Gasteiger partial charge in [0.05, 0.1) is 6.61 Å².